The van der Waals surface area contributed by atoms with E-state index in [2.05, 4.69) is 19.1 Å². The molecule has 1 rings (SSSR count). The van der Waals surface area contributed by atoms with Crippen molar-refractivity contribution in [2.75, 3.05) is 7.05 Å². The SMILES string of the molecule is CCC(C(=O)O)N(C)C(C)CCc1ccccc1. The van der Waals surface area contributed by atoms with Gasteiger partial charge in [0.15, 0.2) is 0 Å². The van der Waals surface area contributed by atoms with Gasteiger partial charge in [0.1, 0.15) is 6.04 Å². The maximum Gasteiger partial charge on any atom is 0.320 e. The van der Waals surface area contributed by atoms with Crippen LogP contribution in [0.4, 0.5) is 0 Å². The Bertz CT molecular complexity index is 364. The van der Waals surface area contributed by atoms with Gasteiger partial charge in [-0.2, -0.15) is 0 Å². The normalized spacial score (nSPS) is 14.4. The molecular weight excluding hydrogens is 226 g/mol. The Morgan fingerprint density at radius 2 is 1.94 bits per heavy atom. The molecule has 0 amide bonds. The van der Waals surface area contributed by atoms with Gasteiger partial charge >= 0.3 is 5.97 Å². The number of hydrogen-bond donors (Lipinski definition) is 1. The van der Waals surface area contributed by atoms with Crippen molar-refractivity contribution in [2.45, 2.75) is 45.2 Å². The van der Waals surface area contributed by atoms with E-state index < -0.39 is 5.97 Å². The third-order valence-corrected chi connectivity index (χ3v) is 3.55. The molecule has 1 aromatic carbocycles. The van der Waals surface area contributed by atoms with E-state index in [0.29, 0.717) is 6.42 Å². The van der Waals surface area contributed by atoms with Crippen molar-refractivity contribution < 1.29 is 9.90 Å². The van der Waals surface area contributed by atoms with E-state index in [9.17, 15) is 4.79 Å². The van der Waals surface area contributed by atoms with Crippen LogP contribution in [-0.4, -0.2) is 35.1 Å². The zero-order valence-corrected chi connectivity index (χ0v) is 11.5. The molecule has 0 aliphatic carbocycles. The summed E-state index contributed by atoms with van der Waals surface area (Å²) < 4.78 is 0. The first-order chi connectivity index (χ1) is 8.56. The second-order valence-electron chi connectivity index (χ2n) is 4.80. The first kappa shape index (κ1) is 14.7. The minimum absolute atomic E-state index is 0.270. The van der Waals surface area contributed by atoms with Gasteiger partial charge in [0.2, 0.25) is 0 Å². The standard InChI is InChI=1S/C15H23NO2/c1-4-14(15(17)18)16(3)12(2)10-11-13-8-6-5-7-9-13/h5-9,12,14H,4,10-11H2,1-3H3,(H,17,18). The third kappa shape index (κ3) is 4.15. The van der Waals surface area contributed by atoms with E-state index in [0.717, 1.165) is 12.8 Å². The topological polar surface area (TPSA) is 40.5 Å². The van der Waals surface area contributed by atoms with Crippen LogP contribution >= 0.6 is 0 Å². The fraction of sp³-hybridized carbons (Fsp3) is 0.533. The van der Waals surface area contributed by atoms with E-state index in [1.54, 1.807) is 0 Å². The number of aliphatic carboxylic acids is 1. The van der Waals surface area contributed by atoms with Gasteiger partial charge in [-0.25, -0.2) is 0 Å². The molecule has 0 spiro atoms. The summed E-state index contributed by atoms with van der Waals surface area (Å²) in [7, 11) is 1.90. The van der Waals surface area contributed by atoms with Gasteiger partial charge in [-0.05, 0) is 38.8 Å². The summed E-state index contributed by atoms with van der Waals surface area (Å²) in [4.78, 5) is 13.1. The van der Waals surface area contributed by atoms with Crippen LogP contribution in [0.1, 0.15) is 32.3 Å². The number of carbonyl (C=O) groups is 1. The predicted molar refractivity (Wildman–Crippen MR) is 73.7 cm³/mol. The van der Waals surface area contributed by atoms with Gasteiger partial charge in [-0.3, -0.25) is 9.69 Å². The van der Waals surface area contributed by atoms with Crippen LogP contribution in [0.5, 0.6) is 0 Å². The molecule has 1 N–H and O–H groups in total. The number of hydrogen-bond acceptors (Lipinski definition) is 2. The summed E-state index contributed by atoms with van der Waals surface area (Å²) >= 11 is 0. The van der Waals surface area contributed by atoms with Crippen LogP contribution < -0.4 is 0 Å². The Morgan fingerprint density at radius 1 is 1.33 bits per heavy atom. The van der Waals surface area contributed by atoms with Crippen molar-refractivity contribution in [3.05, 3.63) is 35.9 Å². The van der Waals surface area contributed by atoms with E-state index >= 15 is 0 Å². The van der Waals surface area contributed by atoms with E-state index in [-0.39, 0.29) is 12.1 Å². The maximum atomic E-state index is 11.1. The Hall–Kier alpha value is -1.35. The summed E-state index contributed by atoms with van der Waals surface area (Å²) in [5.74, 6) is -0.730. The second-order valence-corrected chi connectivity index (χ2v) is 4.80. The van der Waals surface area contributed by atoms with Gasteiger partial charge < -0.3 is 5.11 Å². The lowest BCUT2D eigenvalue weighted by molar-refractivity contribution is -0.143. The molecule has 0 saturated heterocycles. The molecule has 0 aromatic heterocycles. The molecular formula is C15H23NO2. The minimum Gasteiger partial charge on any atom is -0.480 e. The number of carboxylic acid groups (broad SMARTS) is 1. The summed E-state index contributed by atoms with van der Waals surface area (Å²) in [6, 6.07) is 10.2. The lowest BCUT2D eigenvalue weighted by Gasteiger charge is -2.29. The highest BCUT2D eigenvalue weighted by atomic mass is 16.4. The summed E-state index contributed by atoms with van der Waals surface area (Å²) in [5.41, 5.74) is 1.31. The van der Waals surface area contributed by atoms with Gasteiger partial charge in [-0.15, -0.1) is 0 Å². The molecule has 0 aliphatic rings. The average molecular weight is 249 g/mol. The van der Waals surface area contributed by atoms with Gasteiger partial charge in [-0.1, -0.05) is 37.3 Å². The fourth-order valence-electron chi connectivity index (χ4n) is 2.17. The third-order valence-electron chi connectivity index (χ3n) is 3.55. The van der Waals surface area contributed by atoms with Crippen LogP contribution in [-0.2, 0) is 11.2 Å². The number of carboxylic acids is 1. The Labute approximate surface area is 109 Å². The van der Waals surface area contributed by atoms with E-state index in [1.165, 1.54) is 5.56 Å². The molecule has 18 heavy (non-hydrogen) atoms. The van der Waals surface area contributed by atoms with Gasteiger partial charge in [0.25, 0.3) is 0 Å². The minimum atomic E-state index is -0.730. The van der Waals surface area contributed by atoms with Crippen molar-refractivity contribution >= 4 is 5.97 Å². The molecule has 0 radical (unpaired) electrons. The van der Waals surface area contributed by atoms with Crippen molar-refractivity contribution in [2.24, 2.45) is 0 Å². The summed E-state index contributed by atoms with van der Waals surface area (Å²) in [5, 5.41) is 9.14. The summed E-state index contributed by atoms with van der Waals surface area (Å²) in [6.45, 7) is 4.01. The highest BCUT2D eigenvalue weighted by Crippen LogP contribution is 2.13. The molecule has 100 valence electrons. The second kappa shape index (κ2) is 7.17. The van der Waals surface area contributed by atoms with Gasteiger partial charge in [0.05, 0.1) is 0 Å². The van der Waals surface area contributed by atoms with Crippen LogP contribution in [0.2, 0.25) is 0 Å². The van der Waals surface area contributed by atoms with Crippen molar-refractivity contribution in [1.82, 2.24) is 4.90 Å². The summed E-state index contributed by atoms with van der Waals surface area (Å²) in [6.07, 6.45) is 2.61. The van der Waals surface area contributed by atoms with Crippen molar-refractivity contribution in [3.8, 4) is 0 Å². The largest absolute Gasteiger partial charge is 0.480 e. The molecule has 0 fully saturated rings. The lowest BCUT2D eigenvalue weighted by atomic mass is 10.0. The number of aryl methyl sites for hydroxylation is 1. The first-order valence-electron chi connectivity index (χ1n) is 6.55. The van der Waals surface area contributed by atoms with E-state index in [1.807, 2.05) is 37.1 Å². The smallest absolute Gasteiger partial charge is 0.320 e. The first-order valence-corrected chi connectivity index (χ1v) is 6.55. The molecule has 0 bridgehead atoms. The van der Waals surface area contributed by atoms with Crippen molar-refractivity contribution in [3.63, 3.8) is 0 Å². The molecule has 3 heteroatoms. The predicted octanol–water partition coefficient (Wildman–Crippen LogP) is 2.80. The Kier molecular flexibility index (Phi) is 5.86. The van der Waals surface area contributed by atoms with Crippen LogP contribution in [0.25, 0.3) is 0 Å². The zero-order valence-electron chi connectivity index (χ0n) is 11.5. The number of benzene rings is 1. The van der Waals surface area contributed by atoms with E-state index in [4.69, 9.17) is 5.11 Å². The maximum absolute atomic E-state index is 11.1. The van der Waals surface area contributed by atoms with Crippen LogP contribution in [0, 0.1) is 0 Å². The molecule has 1 aromatic rings. The zero-order chi connectivity index (χ0) is 13.5. The molecule has 3 nitrogen and oxygen atoms in total. The molecule has 0 heterocycles. The quantitative estimate of drug-likeness (QED) is 0.807. The Morgan fingerprint density at radius 3 is 2.44 bits per heavy atom. The highest BCUT2D eigenvalue weighted by molar-refractivity contribution is 5.73. The number of rotatable bonds is 7. The molecule has 2 unspecified atom stereocenters. The number of likely N-dealkylation sites (N-methyl/N-ethyl adjacent to an activating group) is 1. The molecule has 2 atom stereocenters. The fourth-order valence-corrected chi connectivity index (χ4v) is 2.17. The van der Waals surface area contributed by atoms with Crippen LogP contribution in [0.3, 0.4) is 0 Å². The van der Waals surface area contributed by atoms with Crippen LogP contribution in [0.15, 0.2) is 30.3 Å². The lowest BCUT2D eigenvalue weighted by Crippen LogP contribution is -2.43. The molecule has 0 saturated carbocycles. The van der Waals surface area contributed by atoms with Gasteiger partial charge in [0, 0.05) is 6.04 Å². The highest BCUT2D eigenvalue weighted by Gasteiger charge is 2.23. The number of nitrogens with zero attached hydrogens (tertiary/aromatic N) is 1. The Balaban J connectivity index is 2.49. The monoisotopic (exact) mass is 249 g/mol. The average Bonchev–Trinajstić information content (AvgIpc) is 2.37. The molecule has 0 aliphatic heterocycles. The van der Waals surface area contributed by atoms with Crippen molar-refractivity contribution in [1.29, 1.82) is 0 Å².